The Labute approximate surface area is 147 Å². The second-order valence-electron chi connectivity index (χ2n) is 5.27. The first-order valence-electron chi connectivity index (χ1n) is 7.45. The van der Waals surface area contributed by atoms with Crippen molar-refractivity contribution in [1.82, 2.24) is 0 Å². The number of anilines is 2. The van der Waals surface area contributed by atoms with E-state index in [1.807, 2.05) is 0 Å². The highest BCUT2D eigenvalue weighted by atomic mass is 32.1. The normalized spacial score (nSPS) is 10.6. The molecule has 25 heavy (non-hydrogen) atoms. The molecule has 7 heteroatoms. The van der Waals surface area contributed by atoms with Crippen molar-refractivity contribution >= 4 is 44.6 Å². The molecule has 0 bridgehead atoms. The van der Waals surface area contributed by atoms with Gasteiger partial charge in [0.1, 0.15) is 12.4 Å². The van der Waals surface area contributed by atoms with Crippen LogP contribution in [0.5, 0.6) is 0 Å². The fraction of sp³-hybridized carbons (Fsp3) is 0.111. The Hall–Kier alpha value is -2.77. The minimum absolute atomic E-state index is 0.0268. The summed E-state index contributed by atoms with van der Waals surface area (Å²) in [5, 5.41) is 5.86. The summed E-state index contributed by atoms with van der Waals surface area (Å²) in [6, 6.07) is 13.0. The fourth-order valence-electron chi connectivity index (χ4n) is 2.29. The van der Waals surface area contributed by atoms with E-state index in [0.717, 1.165) is 4.70 Å². The molecule has 0 aliphatic rings. The maximum atomic E-state index is 13.7. The first kappa shape index (κ1) is 17.1. The van der Waals surface area contributed by atoms with Gasteiger partial charge in [0.15, 0.2) is 0 Å². The van der Waals surface area contributed by atoms with Crippen LogP contribution in [0.2, 0.25) is 0 Å². The van der Waals surface area contributed by atoms with Gasteiger partial charge < -0.3 is 15.4 Å². The summed E-state index contributed by atoms with van der Waals surface area (Å²) in [6.45, 7) is -0.0268. The second-order valence-corrected chi connectivity index (χ2v) is 6.36. The number of hydrogen-bond donors (Lipinski definition) is 2. The quantitative estimate of drug-likeness (QED) is 0.727. The van der Waals surface area contributed by atoms with Crippen molar-refractivity contribution in [3.63, 3.8) is 0 Å². The molecule has 0 unspecified atom stereocenters. The standard InChI is InChI=1S/C18H15FN2O3S/c1-24-10-17(22)20-11-5-7-12(8-6-11)21-18(23)16-9-13-14(19)3-2-4-15(13)25-16/h2-9H,10H2,1H3,(H,20,22)(H,21,23). The van der Waals surface area contributed by atoms with E-state index in [1.165, 1.54) is 24.5 Å². The largest absolute Gasteiger partial charge is 0.375 e. The summed E-state index contributed by atoms with van der Waals surface area (Å²) in [6.07, 6.45) is 0. The third-order valence-electron chi connectivity index (χ3n) is 3.43. The van der Waals surface area contributed by atoms with Crippen molar-refractivity contribution in [3.8, 4) is 0 Å². The Morgan fingerprint density at radius 1 is 1.08 bits per heavy atom. The predicted octanol–water partition coefficient (Wildman–Crippen LogP) is 3.88. The van der Waals surface area contributed by atoms with E-state index >= 15 is 0 Å². The zero-order chi connectivity index (χ0) is 17.8. The molecule has 0 radical (unpaired) electrons. The molecule has 0 spiro atoms. The number of carbonyl (C=O) groups is 2. The van der Waals surface area contributed by atoms with Gasteiger partial charge in [0, 0.05) is 28.6 Å². The lowest BCUT2D eigenvalue weighted by Crippen LogP contribution is -2.17. The van der Waals surface area contributed by atoms with Gasteiger partial charge in [0.25, 0.3) is 5.91 Å². The molecule has 0 saturated carbocycles. The van der Waals surface area contributed by atoms with Gasteiger partial charge in [-0.3, -0.25) is 9.59 Å². The highest BCUT2D eigenvalue weighted by Crippen LogP contribution is 2.28. The van der Waals surface area contributed by atoms with Gasteiger partial charge in [-0.2, -0.15) is 0 Å². The van der Waals surface area contributed by atoms with Crippen LogP contribution >= 0.6 is 11.3 Å². The number of nitrogens with one attached hydrogen (secondary N) is 2. The van der Waals surface area contributed by atoms with Crippen LogP contribution in [0.3, 0.4) is 0 Å². The lowest BCUT2D eigenvalue weighted by atomic mass is 10.2. The first-order chi connectivity index (χ1) is 12.1. The topological polar surface area (TPSA) is 67.4 Å². The third-order valence-corrected chi connectivity index (χ3v) is 4.53. The van der Waals surface area contributed by atoms with Crippen LogP contribution < -0.4 is 10.6 Å². The Kier molecular flexibility index (Phi) is 5.06. The van der Waals surface area contributed by atoms with Crippen LogP contribution in [0, 0.1) is 5.82 Å². The molecule has 0 atom stereocenters. The van der Waals surface area contributed by atoms with E-state index in [-0.39, 0.29) is 24.2 Å². The molecule has 0 fully saturated rings. The number of methoxy groups -OCH3 is 1. The Bertz CT molecular complexity index is 922. The van der Waals surface area contributed by atoms with Gasteiger partial charge in [-0.05, 0) is 42.5 Å². The van der Waals surface area contributed by atoms with Gasteiger partial charge in [0.05, 0.1) is 4.88 Å². The summed E-state index contributed by atoms with van der Waals surface area (Å²) in [4.78, 5) is 24.2. The average Bonchev–Trinajstić information content (AvgIpc) is 3.03. The minimum Gasteiger partial charge on any atom is -0.375 e. The van der Waals surface area contributed by atoms with Crippen molar-refractivity contribution in [2.24, 2.45) is 0 Å². The molecule has 0 saturated heterocycles. The lowest BCUT2D eigenvalue weighted by molar-refractivity contribution is -0.119. The molecule has 0 aliphatic heterocycles. The van der Waals surface area contributed by atoms with Crippen LogP contribution in [-0.4, -0.2) is 25.5 Å². The molecule has 2 amide bonds. The number of carbonyl (C=O) groups excluding carboxylic acids is 2. The number of amides is 2. The summed E-state index contributed by atoms with van der Waals surface area (Å²) < 4.78 is 19.2. The summed E-state index contributed by atoms with van der Waals surface area (Å²) in [5.41, 5.74) is 1.18. The zero-order valence-electron chi connectivity index (χ0n) is 13.3. The maximum absolute atomic E-state index is 13.7. The Balaban J connectivity index is 1.69. The molecule has 2 N–H and O–H groups in total. The fourth-order valence-corrected chi connectivity index (χ4v) is 3.27. The molecule has 3 rings (SSSR count). The molecule has 128 valence electrons. The Morgan fingerprint density at radius 3 is 2.40 bits per heavy atom. The number of ether oxygens (including phenoxy) is 1. The van der Waals surface area contributed by atoms with Gasteiger partial charge in [-0.25, -0.2) is 4.39 Å². The highest BCUT2D eigenvalue weighted by molar-refractivity contribution is 7.20. The predicted molar refractivity (Wildman–Crippen MR) is 96.7 cm³/mol. The lowest BCUT2D eigenvalue weighted by Gasteiger charge is -2.07. The third kappa shape index (κ3) is 4.01. The van der Waals surface area contributed by atoms with E-state index in [0.29, 0.717) is 21.6 Å². The number of hydrogen-bond acceptors (Lipinski definition) is 4. The van der Waals surface area contributed by atoms with E-state index in [4.69, 9.17) is 4.74 Å². The maximum Gasteiger partial charge on any atom is 0.265 e. The smallest absolute Gasteiger partial charge is 0.265 e. The van der Waals surface area contributed by atoms with Crippen LogP contribution in [0.25, 0.3) is 10.1 Å². The van der Waals surface area contributed by atoms with E-state index in [9.17, 15) is 14.0 Å². The second kappa shape index (κ2) is 7.42. The average molecular weight is 358 g/mol. The number of benzene rings is 2. The van der Waals surface area contributed by atoms with E-state index in [2.05, 4.69) is 10.6 Å². The first-order valence-corrected chi connectivity index (χ1v) is 8.27. The zero-order valence-corrected chi connectivity index (χ0v) is 14.2. The summed E-state index contributed by atoms with van der Waals surface area (Å²) in [5.74, 6) is -0.910. The minimum atomic E-state index is -0.344. The van der Waals surface area contributed by atoms with Crippen molar-refractivity contribution < 1.29 is 18.7 Å². The number of thiophene rings is 1. The van der Waals surface area contributed by atoms with E-state index < -0.39 is 0 Å². The molecule has 5 nitrogen and oxygen atoms in total. The molecule has 2 aromatic carbocycles. The van der Waals surface area contributed by atoms with Gasteiger partial charge in [-0.1, -0.05) is 6.07 Å². The van der Waals surface area contributed by atoms with Gasteiger partial charge >= 0.3 is 0 Å². The number of fused-ring (bicyclic) bond motifs is 1. The molecule has 1 heterocycles. The van der Waals surface area contributed by atoms with Crippen molar-refractivity contribution in [1.29, 1.82) is 0 Å². The Morgan fingerprint density at radius 2 is 1.76 bits per heavy atom. The van der Waals surface area contributed by atoms with Crippen molar-refractivity contribution in [2.45, 2.75) is 0 Å². The van der Waals surface area contributed by atoms with Gasteiger partial charge in [-0.15, -0.1) is 11.3 Å². The van der Waals surface area contributed by atoms with Crippen LogP contribution in [0.15, 0.2) is 48.5 Å². The molecular formula is C18H15FN2O3S. The van der Waals surface area contributed by atoms with Crippen LogP contribution in [-0.2, 0) is 9.53 Å². The van der Waals surface area contributed by atoms with Crippen molar-refractivity contribution in [2.75, 3.05) is 24.4 Å². The molecule has 1 aromatic heterocycles. The molecule has 3 aromatic rings. The monoisotopic (exact) mass is 358 g/mol. The number of rotatable bonds is 5. The molecule has 0 aliphatic carbocycles. The van der Waals surface area contributed by atoms with Crippen LogP contribution in [0.1, 0.15) is 9.67 Å². The summed E-state index contributed by atoms with van der Waals surface area (Å²) in [7, 11) is 1.44. The highest BCUT2D eigenvalue weighted by Gasteiger charge is 2.12. The van der Waals surface area contributed by atoms with Crippen LogP contribution in [0.4, 0.5) is 15.8 Å². The molecular weight excluding hydrogens is 343 g/mol. The van der Waals surface area contributed by atoms with E-state index in [1.54, 1.807) is 42.5 Å². The van der Waals surface area contributed by atoms with Crippen molar-refractivity contribution in [3.05, 3.63) is 59.2 Å². The number of halogens is 1. The summed E-state index contributed by atoms with van der Waals surface area (Å²) >= 11 is 1.23. The van der Waals surface area contributed by atoms with Gasteiger partial charge in [0.2, 0.25) is 5.91 Å². The SMILES string of the molecule is COCC(=O)Nc1ccc(NC(=O)c2cc3c(F)cccc3s2)cc1.